The van der Waals surface area contributed by atoms with Gasteiger partial charge in [-0.2, -0.15) is 0 Å². The first kappa shape index (κ1) is 16.2. The Morgan fingerprint density at radius 2 is 2.29 bits per heavy atom. The molecule has 0 amide bonds. The number of rotatable bonds is 5. The standard InChI is InChI=1S/C14H22N2O4S/c1-11-3-4-14(13(7-11)19-2)21(17,18)16-9-12-8-15-5-6-20-10-12/h3-4,7,12,15-16H,5-6,8-10H2,1-2H3/t12-/m1/s1. The van der Waals surface area contributed by atoms with Crippen molar-refractivity contribution >= 4 is 10.0 Å². The Hall–Kier alpha value is -1.15. The minimum Gasteiger partial charge on any atom is -0.495 e. The third kappa shape index (κ3) is 4.41. The molecule has 0 aromatic heterocycles. The first-order valence-electron chi connectivity index (χ1n) is 6.95. The van der Waals surface area contributed by atoms with Crippen LogP contribution in [0.2, 0.25) is 0 Å². The average molecular weight is 314 g/mol. The molecule has 7 heteroatoms. The van der Waals surface area contributed by atoms with Crippen molar-refractivity contribution in [2.75, 3.05) is 40.0 Å². The van der Waals surface area contributed by atoms with Gasteiger partial charge in [0.25, 0.3) is 0 Å². The Morgan fingerprint density at radius 1 is 1.48 bits per heavy atom. The van der Waals surface area contributed by atoms with Crippen molar-refractivity contribution in [3.05, 3.63) is 23.8 Å². The topological polar surface area (TPSA) is 76.7 Å². The van der Waals surface area contributed by atoms with Crippen LogP contribution in [0.5, 0.6) is 5.75 Å². The number of aryl methyl sites for hydroxylation is 1. The number of benzene rings is 1. The lowest BCUT2D eigenvalue weighted by atomic mass is 10.2. The van der Waals surface area contributed by atoms with E-state index in [4.69, 9.17) is 9.47 Å². The van der Waals surface area contributed by atoms with Crippen molar-refractivity contribution in [1.82, 2.24) is 10.0 Å². The first-order valence-corrected chi connectivity index (χ1v) is 8.44. The predicted molar refractivity (Wildman–Crippen MR) is 80.1 cm³/mol. The SMILES string of the molecule is COc1cc(C)ccc1S(=O)(=O)NC[C@H]1CNCCOC1. The fourth-order valence-corrected chi connectivity index (χ4v) is 3.46. The van der Waals surface area contributed by atoms with E-state index in [2.05, 4.69) is 10.0 Å². The quantitative estimate of drug-likeness (QED) is 0.828. The van der Waals surface area contributed by atoms with Gasteiger partial charge in [-0.3, -0.25) is 0 Å². The number of hydrogen-bond acceptors (Lipinski definition) is 5. The molecular formula is C14H22N2O4S. The van der Waals surface area contributed by atoms with Gasteiger partial charge in [-0.25, -0.2) is 13.1 Å². The highest BCUT2D eigenvalue weighted by molar-refractivity contribution is 7.89. The summed E-state index contributed by atoms with van der Waals surface area (Å²) in [6.07, 6.45) is 0. The number of hydrogen-bond donors (Lipinski definition) is 2. The zero-order chi connectivity index (χ0) is 15.3. The zero-order valence-corrected chi connectivity index (χ0v) is 13.2. The molecule has 1 aliphatic rings. The fourth-order valence-electron chi connectivity index (χ4n) is 2.19. The van der Waals surface area contributed by atoms with Crippen molar-refractivity contribution in [3.63, 3.8) is 0 Å². The van der Waals surface area contributed by atoms with Gasteiger partial charge >= 0.3 is 0 Å². The molecule has 2 rings (SSSR count). The molecule has 1 aromatic carbocycles. The van der Waals surface area contributed by atoms with Gasteiger partial charge < -0.3 is 14.8 Å². The molecule has 2 N–H and O–H groups in total. The number of sulfonamides is 1. The van der Waals surface area contributed by atoms with Crippen molar-refractivity contribution in [2.24, 2.45) is 5.92 Å². The third-order valence-electron chi connectivity index (χ3n) is 3.38. The fraction of sp³-hybridized carbons (Fsp3) is 0.571. The highest BCUT2D eigenvalue weighted by Gasteiger charge is 2.21. The molecule has 0 aliphatic carbocycles. The first-order chi connectivity index (χ1) is 10.0. The third-order valence-corrected chi connectivity index (χ3v) is 4.84. The van der Waals surface area contributed by atoms with E-state index in [0.29, 0.717) is 25.5 Å². The van der Waals surface area contributed by atoms with E-state index in [1.54, 1.807) is 18.2 Å². The molecular weight excluding hydrogens is 292 g/mol. The van der Waals surface area contributed by atoms with Crippen molar-refractivity contribution in [3.8, 4) is 5.75 Å². The number of methoxy groups -OCH3 is 1. The summed E-state index contributed by atoms with van der Waals surface area (Å²) in [6.45, 7) is 4.99. The maximum absolute atomic E-state index is 12.4. The van der Waals surface area contributed by atoms with E-state index in [1.807, 2.05) is 6.92 Å². The van der Waals surface area contributed by atoms with Gasteiger partial charge in [0.2, 0.25) is 10.0 Å². The molecule has 0 saturated carbocycles. The second-order valence-electron chi connectivity index (χ2n) is 5.15. The smallest absolute Gasteiger partial charge is 0.244 e. The van der Waals surface area contributed by atoms with Crippen LogP contribution in [0, 0.1) is 12.8 Å². The average Bonchev–Trinajstić information content (AvgIpc) is 2.73. The summed E-state index contributed by atoms with van der Waals surface area (Å²) >= 11 is 0. The summed E-state index contributed by atoms with van der Waals surface area (Å²) in [6, 6.07) is 5.04. The maximum Gasteiger partial charge on any atom is 0.244 e. The van der Waals surface area contributed by atoms with E-state index < -0.39 is 10.0 Å². The van der Waals surface area contributed by atoms with E-state index in [1.165, 1.54) is 7.11 Å². The van der Waals surface area contributed by atoms with E-state index in [9.17, 15) is 8.42 Å². The Bertz CT molecular complexity index is 566. The number of nitrogens with one attached hydrogen (secondary N) is 2. The van der Waals surface area contributed by atoms with Crippen LogP contribution >= 0.6 is 0 Å². The summed E-state index contributed by atoms with van der Waals surface area (Å²) in [5.74, 6) is 0.483. The van der Waals surface area contributed by atoms with Crippen molar-refractivity contribution < 1.29 is 17.9 Å². The molecule has 0 radical (unpaired) electrons. The maximum atomic E-state index is 12.4. The van der Waals surface area contributed by atoms with Crippen LogP contribution in [0.3, 0.4) is 0 Å². The number of ether oxygens (including phenoxy) is 2. The molecule has 1 atom stereocenters. The predicted octanol–water partition coefficient (Wildman–Crippen LogP) is 0.518. The zero-order valence-electron chi connectivity index (χ0n) is 12.4. The minimum absolute atomic E-state index is 0.124. The van der Waals surface area contributed by atoms with Gasteiger partial charge in [-0.1, -0.05) is 6.07 Å². The second kappa shape index (κ2) is 7.22. The minimum atomic E-state index is -3.59. The summed E-state index contributed by atoms with van der Waals surface area (Å²) in [4.78, 5) is 0.165. The molecule has 0 bridgehead atoms. The van der Waals surface area contributed by atoms with E-state index in [0.717, 1.165) is 18.7 Å². The monoisotopic (exact) mass is 314 g/mol. The van der Waals surface area contributed by atoms with Gasteiger partial charge in [0.1, 0.15) is 10.6 Å². The van der Waals surface area contributed by atoms with Crippen LogP contribution in [0.15, 0.2) is 23.1 Å². The van der Waals surface area contributed by atoms with Crippen LogP contribution in [0.1, 0.15) is 5.56 Å². The van der Waals surface area contributed by atoms with Crippen LogP contribution in [0.4, 0.5) is 0 Å². The largest absolute Gasteiger partial charge is 0.495 e. The van der Waals surface area contributed by atoms with Crippen LogP contribution in [-0.4, -0.2) is 48.4 Å². The van der Waals surface area contributed by atoms with Crippen LogP contribution < -0.4 is 14.8 Å². The van der Waals surface area contributed by atoms with Gasteiger partial charge in [0.05, 0.1) is 20.3 Å². The lowest BCUT2D eigenvalue weighted by Crippen LogP contribution is -2.35. The van der Waals surface area contributed by atoms with Gasteiger partial charge in [-0.15, -0.1) is 0 Å². The molecule has 0 spiro atoms. The van der Waals surface area contributed by atoms with Crippen LogP contribution in [0.25, 0.3) is 0 Å². The van der Waals surface area contributed by atoms with Crippen LogP contribution in [-0.2, 0) is 14.8 Å². The van der Waals surface area contributed by atoms with Gasteiger partial charge in [0.15, 0.2) is 0 Å². The van der Waals surface area contributed by atoms with Gasteiger partial charge in [0, 0.05) is 25.6 Å². The van der Waals surface area contributed by atoms with Crippen molar-refractivity contribution in [2.45, 2.75) is 11.8 Å². The molecule has 21 heavy (non-hydrogen) atoms. The molecule has 1 aliphatic heterocycles. The van der Waals surface area contributed by atoms with Crippen molar-refractivity contribution in [1.29, 1.82) is 0 Å². The molecule has 6 nitrogen and oxygen atoms in total. The molecule has 1 fully saturated rings. The van der Waals surface area contributed by atoms with E-state index in [-0.39, 0.29) is 10.8 Å². The summed E-state index contributed by atoms with van der Waals surface area (Å²) in [5.41, 5.74) is 0.951. The summed E-state index contributed by atoms with van der Waals surface area (Å²) < 4.78 is 38.0. The summed E-state index contributed by atoms with van der Waals surface area (Å²) in [7, 11) is -2.12. The highest BCUT2D eigenvalue weighted by Crippen LogP contribution is 2.24. The second-order valence-corrected chi connectivity index (χ2v) is 6.89. The summed E-state index contributed by atoms with van der Waals surface area (Å²) in [5, 5.41) is 3.22. The lowest BCUT2D eigenvalue weighted by Gasteiger charge is -2.16. The Labute approximate surface area is 125 Å². The van der Waals surface area contributed by atoms with Gasteiger partial charge in [-0.05, 0) is 24.6 Å². The Morgan fingerprint density at radius 3 is 3.05 bits per heavy atom. The van der Waals surface area contributed by atoms with E-state index >= 15 is 0 Å². The molecule has 0 unspecified atom stereocenters. The Balaban J connectivity index is 2.07. The normalized spacial score (nSPS) is 20.0. The Kier molecular flexibility index (Phi) is 5.58. The molecule has 1 aromatic rings. The highest BCUT2D eigenvalue weighted by atomic mass is 32.2. The molecule has 1 saturated heterocycles. The molecule has 118 valence electrons. The molecule has 1 heterocycles. The lowest BCUT2D eigenvalue weighted by molar-refractivity contribution is 0.124.